The number of nitriles is 1. The van der Waals surface area contributed by atoms with Crippen LogP contribution >= 0.6 is 11.3 Å². The van der Waals surface area contributed by atoms with E-state index >= 15 is 0 Å². The van der Waals surface area contributed by atoms with Gasteiger partial charge in [0.2, 0.25) is 0 Å². The Hall–Kier alpha value is -2.91. The number of aryl methyl sites for hydroxylation is 2. The third-order valence-electron chi connectivity index (χ3n) is 4.76. The molecule has 142 valence electrons. The second kappa shape index (κ2) is 7.61. The van der Waals surface area contributed by atoms with E-state index in [4.69, 9.17) is 4.74 Å². The predicted molar refractivity (Wildman–Crippen MR) is 113 cm³/mol. The van der Waals surface area contributed by atoms with Crippen LogP contribution in [0.4, 0.5) is 0 Å². The molecule has 0 saturated heterocycles. The number of benzene rings is 1. The Morgan fingerprint density at radius 3 is 2.75 bits per heavy atom. The first-order chi connectivity index (χ1) is 13.5. The number of nitrogens with zero attached hydrogens (tertiary/aromatic N) is 2. The summed E-state index contributed by atoms with van der Waals surface area (Å²) in [6, 6.07) is 9.68. The Morgan fingerprint density at radius 1 is 1.29 bits per heavy atom. The summed E-state index contributed by atoms with van der Waals surface area (Å²) in [5, 5.41) is 10.3. The fraction of sp³-hybridized carbons (Fsp3) is 0.318. The number of aromatic amines is 1. The second-order valence-electron chi connectivity index (χ2n) is 7.21. The van der Waals surface area contributed by atoms with E-state index < -0.39 is 0 Å². The molecule has 4 rings (SSSR count). The molecule has 0 amide bonds. The van der Waals surface area contributed by atoms with E-state index in [1.54, 1.807) is 17.4 Å². The second-order valence-corrected chi connectivity index (χ2v) is 8.29. The van der Waals surface area contributed by atoms with Gasteiger partial charge in [0, 0.05) is 4.88 Å². The van der Waals surface area contributed by atoms with Gasteiger partial charge in [-0.2, -0.15) is 5.26 Å². The Balaban J connectivity index is 1.72. The van der Waals surface area contributed by atoms with Crippen LogP contribution in [0, 0.1) is 11.3 Å². The van der Waals surface area contributed by atoms with Crippen molar-refractivity contribution in [3.63, 3.8) is 0 Å². The van der Waals surface area contributed by atoms with Crippen LogP contribution in [0.15, 0.2) is 29.1 Å². The molecule has 6 heteroatoms. The van der Waals surface area contributed by atoms with Crippen LogP contribution in [-0.4, -0.2) is 16.1 Å². The number of hydrogen-bond donors (Lipinski definition) is 1. The van der Waals surface area contributed by atoms with Gasteiger partial charge in [0.15, 0.2) is 5.82 Å². The SMILES string of the molecule is CC(C)Oc1ccc(C=C(C#N)c2nc3sc4c(c3c(=O)[nH]2)CCCC4)cc1. The summed E-state index contributed by atoms with van der Waals surface area (Å²) in [7, 11) is 0. The standard InChI is InChI=1S/C22H21N3O2S/c1-13(2)27-16-9-7-14(8-10-16)11-15(12-23)20-24-21(26)19-17-5-3-4-6-18(17)28-22(19)25-20/h7-11,13H,3-6H2,1-2H3,(H,24,25,26). The van der Waals surface area contributed by atoms with Gasteiger partial charge < -0.3 is 9.72 Å². The summed E-state index contributed by atoms with van der Waals surface area (Å²) in [5.41, 5.74) is 2.18. The lowest BCUT2D eigenvalue weighted by Gasteiger charge is -2.09. The van der Waals surface area contributed by atoms with Crippen molar-refractivity contribution in [3.8, 4) is 11.8 Å². The minimum Gasteiger partial charge on any atom is -0.491 e. The normalized spacial score (nSPS) is 14.1. The number of allylic oxidation sites excluding steroid dienone is 1. The number of hydrogen-bond acceptors (Lipinski definition) is 5. The molecule has 3 aromatic rings. The van der Waals surface area contributed by atoms with Crippen LogP contribution in [0.2, 0.25) is 0 Å². The van der Waals surface area contributed by atoms with Gasteiger partial charge in [0.05, 0.1) is 17.1 Å². The van der Waals surface area contributed by atoms with Gasteiger partial charge in [0.25, 0.3) is 5.56 Å². The number of ether oxygens (including phenoxy) is 1. The summed E-state index contributed by atoms with van der Waals surface area (Å²) in [5.74, 6) is 1.10. The molecule has 0 spiro atoms. The fourth-order valence-electron chi connectivity index (χ4n) is 3.53. The van der Waals surface area contributed by atoms with Crippen molar-refractivity contribution in [1.29, 1.82) is 5.26 Å². The van der Waals surface area contributed by atoms with E-state index in [1.807, 2.05) is 38.1 Å². The molecule has 0 atom stereocenters. The van der Waals surface area contributed by atoms with Gasteiger partial charge in [-0.05, 0) is 68.9 Å². The highest BCUT2D eigenvalue weighted by Crippen LogP contribution is 2.34. The number of aromatic nitrogens is 2. The first-order valence-corrected chi connectivity index (χ1v) is 10.3. The maximum atomic E-state index is 12.7. The predicted octanol–water partition coefficient (Wildman–Crippen LogP) is 4.71. The molecular formula is C22H21N3O2S. The van der Waals surface area contributed by atoms with Gasteiger partial charge in [-0.25, -0.2) is 4.98 Å². The quantitative estimate of drug-likeness (QED) is 0.653. The molecule has 1 N–H and O–H groups in total. The number of rotatable bonds is 4. The first-order valence-electron chi connectivity index (χ1n) is 9.48. The highest BCUT2D eigenvalue weighted by Gasteiger charge is 2.20. The van der Waals surface area contributed by atoms with Crippen LogP contribution in [0.25, 0.3) is 21.9 Å². The molecule has 2 heterocycles. The van der Waals surface area contributed by atoms with Crippen molar-refractivity contribution in [1.82, 2.24) is 9.97 Å². The zero-order valence-corrected chi connectivity index (χ0v) is 16.7. The summed E-state index contributed by atoms with van der Waals surface area (Å²) in [4.78, 5) is 22.1. The van der Waals surface area contributed by atoms with Gasteiger partial charge in [0.1, 0.15) is 16.6 Å². The Morgan fingerprint density at radius 2 is 2.04 bits per heavy atom. The molecular weight excluding hydrogens is 370 g/mol. The third kappa shape index (κ3) is 3.58. The number of fused-ring (bicyclic) bond motifs is 3. The molecule has 0 bridgehead atoms. The molecule has 2 aromatic heterocycles. The van der Waals surface area contributed by atoms with Crippen LogP contribution in [0.1, 0.15) is 48.5 Å². The van der Waals surface area contributed by atoms with Crippen LogP contribution < -0.4 is 10.3 Å². The van der Waals surface area contributed by atoms with Crippen molar-refractivity contribution in [2.24, 2.45) is 0 Å². The van der Waals surface area contributed by atoms with Gasteiger partial charge in [-0.3, -0.25) is 4.79 Å². The monoisotopic (exact) mass is 391 g/mol. The van der Waals surface area contributed by atoms with Gasteiger partial charge >= 0.3 is 0 Å². The van der Waals surface area contributed by atoms with E-state index in [1.165, 1.54) is 4.88 Å². The van der Waals surface area contributed by atoms with Crippen LogP contribution in [0.3, 0.4) is 0 Å². The molecule has 0 fully saturated rings. The van der Waals surface area contributed by atoms with Crippen molar-refractivity contribution < 1.29 is 4.74 Å². The summed E-state index contributed by atoms with van der Waals surface area (Å²) in [6.45, 7) is 3.95. The molecule has 0 saturated carbocycles. The minimum absolute atomic E-state index is 0.105. The van der Waals surface area contributed by atoms with E-state index in [-0.39, 0.29) is 11.7 Å². The topological polar surface area (TPSA) is 78.8 Å². The molecule has 28 heavy (non-hydrogen) atoms. The number of thiophene rings is 1. The highest BCUT2D eigenvalue weighted by atomic mass is 32.1. The number of nitrogens with one attached hydrogen (secondary N) is 1. The molecule has 1 aliphatic rings. The van der Waals surface area contributed by atoms with Crippen LogP contribution in [-0.2, 0) is 12.8 Å². The van der Waals surface area contributed by atoms with E-state index in [0.29, 0.717) is 16.8 Å². The fourth-order valence-corrected chi connectivity index (χ4v) is 4.79. The molecule has 5 nitrogen and oxygen atoms in total. The summed E-state index contributed by atoms with van der Waals surface area (Å²) in [6.07, 6.45) is 6.05. The first kappa shape index (κ1) is 18.5. The van der Waals surface area contributed by atoms with E-state index in [9.17, 15) is 10.1 Å². The minimum atomic E-state index is -0.152. The van der Waals surface area contributed by atoms with Gasteiger partial charge in [-0.15, -0.1) is 11.3 Å². The molecule has 1 aromatic carbocycles. The average Bonchev–Trinajstić information content (AvgIpc) is 3.05. The van der Waals surface area contributed by atoms with Crippen molar-refractivity contribution in [2.75, 3.05) is 0 Å². The summed E-state index contributed by atoms with van der Waals surface area (Å²) >= 11 is 1.59. The lowest BCUT2D eigenvalue weighted by molar-refractivity contribution is 0.242. The molecule has 0 unspecified atom stereocenters. The number of H-pyrrole nitrogens is 1. The zero-order valence-electron chi connectivity index (χ0n) is 15.9. The van der Waals surface area contributed by atoms with E-state index in [0.717, 1.165) is 47.4 Å². The Kier molecular flexibility index (Phi) is 5.01. The van der Waals surface area contributed by atoms with Crippen LogP contribution in [0.5, 0.6) is 5.75 Å². The Bertz CT molecular complexity index is 1150. The summed E-state index contributed by atoms with van der Waals surface area (Å²) < 4.78 is 5.64. The molecule has 0 radical (unpaired) electrons. The Labute approximate surface area is 167 Å². The maximum absolute atomic E-state index is 12.7. The third-order valence-corrected chi connectivity index (χ3v) is 5.95. The van der Waals surface area contributed by atoms with E-state index in [2.05, 4.69) is 16.0 Å². The molecule has 1 aliphatic carbocycles. The highest BCUT2D eigenvalue weighted by molar-refractivity contribution is 7.18. The average molecular weight is 391 g/mol. The maximum Gasteiger partial charge on any atom is 0.260 e. The molecule has 0 aliphatic heterocycles. The lowest BCUT2D eigenvalue weighted by atomic mass is 9.97. The largest absolute Gasteiger partial charge is 0.491 e. The zero-order chi connectivity index (χ0) is 19.7. The van der Waals surface area contributed by atoms with Gasteiger partial charge in [-0.1, -0.05) is 12.1 Å². The van der Waals surface area contributed by atoms with Crippen molar-refractivity contribution in [3.05, 3.63) is 56.4 Å². The smallest absolute Gasteiger partial charge is 0.260 e. The van der Waals surface area contributed by atoms with Crippen molar-refractivity contribution in [2.45, 2.75) is 45.6 Å². The van der Waals surface area contributed by atoms with Crippen molar-refractivity contribution >= 4 is 33.2 Å². The lowest BCUT2D eigenvalue weighted by Crippen LogP contribution is -2.12.